The Morgan fingerprint density at radius 3 is 2.75 bits per heavy atom. The summed E-state index contributed by atoms with van der Waals surface area (Å²) in [6.07, 6.45) is 2.94. The van der Waals surface area contributed by atoms with Crippen LogP contribution < -0.4 is 5.32 Å². The Bertz CT molecular complexity index is 229. The summed E-state index contributed by atoms with van der Waals surface area (Å²) >= 11 is 0. The van der Waals surface area contributed by atoms with E-state index in [1.807, 2.05) is 13.1 Å². The molecule has 0 saturated carbocycles. The van der Waals surface area contributed by atoms with E-state index in [0.29, 0.717) is 6.04 Å². The molecule has 68 valence electrons. The van der Waals surface area contributed by atoms with Crippen LogP contribution >= 0.6 is 0 Å². The van der Waals surface area contributed by atoms with Gasteiger partial charge < -0.3 is 10.3 Å². The first-order chi connectivity index (χ1) is 5.77. The lowest BCUT2D eigenvalue weighted by Crippen LogP contribution is -2.21. The first-order valence-corrected chi connectivity index (χ1v) is 4.52. The Hall–Kier alpha value is -0.830. The zero-order valence-electron chi connectivity index (χ0n) is 8.02. The zero-order chi connectivity index (χ0) is 8.97. The zero-order valence-corrected chi connectivity index (χ0v) is 8.02. The summed E-state index contributed by atoms with van der Waals surface area (Å²) in [5.41, 5.74) is 1.13. The van der Waals surface area contributed by atoms with Crippen molar-refractivity contribution in [1.82, 2.24) is 15.3 Å². The largest absolute Gasteiger partial charge is 0.345 e. The number of hydrogen-bond acceptors (Lipinski definition) is 2. The summed E-state index contributed by atoms with van der Waals surface area (Å²) in [5, 5.41) is 3.37. The van der Waals surface area contributed by atoms with Gasteiger partial charge in [0.15, 0.2) is 0 Å². The van der Waals surface area contributed by atoms with E-state index >= 15 is 0 Å². The van der Waals surface area contributed by atoms with Crippen LogP contribution in [0.3, 0.4) is 0 Å². The lowest BCUT2D eigenvalue weighted by Gasteiger charge is -2.12. The third-order valence-electron chi connectivity index (χ3n) is 1.91. The minimum absolute atomic E-state index is 0.378. The molecule has 1 heterocycles. The highest BCUT2D eigenvalue weighted by molar-refractivity contribution is 5.02. The van der Waals surface area contributed by atoms with Crippen molar-refractivity contribution in [2.75, 3.05) is 6.54 Å². The molecule has 3 heteroatoms. The monoisotopic (exact) mass is 167 g/mol. The van der Waals surface area contributed by atoms with Gasteiger partial charge in [-0.15, -0.1) is 0 Å². The summed E-state index contributed by atoms with van der Waals surface area (Å²) in [6, 6.07) is 0.378. The van der Waals surface area contributed by atoms with E-state index in [1.54, 1.807) is 0 Å². The molecule has 1 aromatic heterocycles. The van der Waals surface area contributed by atoms with Gasteiger partial charge in [-0.2, -0.15) is 0 Å². The fraction of sp³-hybridized carbons (Fsp3) is 0.667. The average Bonchev–Trinajstić information content (AvgIpc) is 2.47. The highest BCUT2D eigenvalue weighted by atomic mass is 15.0. The quantitative estimate of drug-likeness (QED) is 0.717. The molecule has 2 N–H and O–H groups in total. The van der Waals surface area contributed by atoms with Gasteiger partial charge in [-0.25, -0.2) is 4.98 Å². The highest BCUT2D eigenvalue weighted by Crippen LogP contribution is 2.11. The van der Waals surface area contributed by atoms with Gasteiger partial charge in [0.25, 0.3) is 0 Å². The second-order valence-corrected chi connectivity index (χ2v) is 2.97. The number of nitrogens with one attached hydrogen (secondary N) is 2. The van der Waals surface area contributed by atoms with Crippen molar-refractivity contribution in [3.63, 3.8) is 0 Å². The topological polar surface area (TPSA) is 40.7 Å². The van der Waals surface area contributed by atoms with Crippen LogP contribution in [0.1, 0.15) is 37.8 Å². The van der Waals surface area contributed by atoms with Crippen LogP contribution in [0, 0.1) is 6.92 Å². The number of nitrogens with zero attached hydrogens (tertiary/aromatic N) is 1. The third kappa shape index (κ3) is 2.08. The predicted molar refractivity (Wildman–Crippen MR) is 50.0 cm³/mol. The van der Waals surface area contributed by atoms with Gasteiger partial charge in [-0.05, 0) is 19.9 Å². The van der Waals surface area contributed by atoms with E-state index in [9.17, 15) is 0 Å². The molecule has 0 spiro atoms. The van der Waals surface area contributed by atoms with Crippen LogP contribution in [0.2, 0.25) is 0 Å². The summed E-state index contributed by atoms with van der Waals surface area (Å²) in [7, 11) is 0. The first-order valence-electron chi connectivity index (χ1n) is 4.52. The second-order valence-electron chi connectivity index (χ2n) is 2.97. The van der Waals surface area contributed by atoms with E-state index in [-0.39, 0.29) is 0 Å². The number of H-pyrrole nitrogens is 1. The van der Waals surface area contributed by atoms with E-state index in [0.717, 1.165) is 24.5 Å². The fourth-order valence-corrected chi connectivity index (χ4v) is 1.29. The SMILES string of the molecule is CCNC(CC)c1ncc(C)[nH]1. The van der Waals surface area contributed by atoms with Gasteiger partial charge in [0.05, 0.1) is 6.04 Å². The van der Waals surface area contributed by atoms with Crippen LogP contribution in [0.15, 0.2) is 6.20 Å². The van der Waals surface area contributed by atoms with Crippen molar-refractivity contribution in [3.05, 3.63) is 17.7 Å². The molecule has 0 aliphatic rings. The molecule has 0 aliphatic heterocycles. The molecule has 0 radical (unpaired) electrons. The van der Waals surface area contributed by atoms with Crippen molar-refractivity contribution in [2.45, 2.75) is 33.2 Å². The Balaban J connectivity index is 2.66. The molecular formula is C9H17N3. The van der Waals surface area contributed by atoms with Crippen molar-refractivity contribution in [1.29, 1.82) is 0 Å². The number of aryl methyl sites for hydroxylation is 1. The normalized spacial score (nSPS) is 13.2. The number of rotatable bonds is 4. The molecule has 0 aromatic carbocycles. The van der Waals surface area contributed by atoms with E-state index in [4.69, 9.17) is 0 Å². The molecule has 0 bridgehead atoms. The van der Waals surface area contributed by atoms with Gasteiger partial charge in [0.1, 0.15) is 5.82 Å². The minimum Gasteiger partial charge on any atom is -0.345 e. The molecule has 0 aliphatic carbocycles. The average molecular weight is 167 g/mol. The first kappa shape index (κ1) is 9.26. The number of aromatic nitrogens is 2. The molecule has 0 amide bonds. The maximum absolute atomic E-state index is 4.29. The molecule has 3 nitrogen and oxygen atoms in total. The fourth-order valence-electron chi connectivity index (χ4n) is 1.29. The van der Waals surface area contributed by atoms with Crippen molar-refractivity contribution in [3.8, 4) is 0 Å². The predicted octanol–water partition coefficient (Wildman–Crippen LogP) is 1.78. The summed E-state index contributed by atoms with van der Waals surface area (Å²) in [5.74, 6) is 1.05. The summed E-state index contributed by atoms with van der Waals surface area (Å²) in [6.45, 7) is 7.27. The van der Waals surface area contributed by atoms with Crippen LogP contribution in [-0.2, 0) is 0 Å². The van der Waals surface area contributed by atoms with E-state index in [2.05, 4.69) is 29.1 Å². The maximum Gasteiger partial charge on any atom is 0.123 e. The van der Waals surface area contributed by atoms with Crippen molar-refractivity contribution < 1.29 is 0 Å². The summed E-state index contributed by atoms with van der Waals surface area (Å²) in [4.78, 5) is 7.53. The Morgan fingerprint density at radius 2 is 2.33 bits per heavy atom. The molecule has 1 atom stereocenters. The maximum atomic E-state index is 4.29. The molecule has 0 fully saturated rings. The van der Waals surface area contributed by atoms with Crippen molar-refractivity contribution in [2.24, 2.45) is 0 Å². The minimum atomic E-state index is 0.378. The Labute approximate surface area is 73.6 Å². The lowest BCUT2D eigenvalue weighted by atomic mass is 10.2. The van der Waals surface area contributed by atoms with Crippen LogP contribution in [-0.4, -0.2) is 16.5 Å². The Morgan fingerprint density at radius 1 is 1.58 bits per heavy atom. The third-order valence-corrected chi connectivity index (χ3v) is 1.91. The number of hydrogen-bond donors (Lipinski definition) is 2. The van der Waals surface area contributed by atoms with E-state index in [1.165, 1.54) is 0 Å². The second kappa shape index (κ2) is 4.26. The summed E-state index contributed by atoms with van der Waals surface area (Å²) < 4.78 is 0. The van der Waals surface area contributed by atoms with Gasteiger partial charge in [-0.3, -0.25) is 0 Å². The molecule has 12 heavy (non-hydrogen) atoms. The molecule has 1 rings (SSSR count). The van der Waals surface area contributed by atoms with Crippen LogP contribution in [0.5, 0.6) is 0 Å². The van der Waals surface area contributed by atoms with Crippen LogP contribution in [0.4, 0.5) is 0 Å². The molecule has 0 saturated heterocycles. The number of imidazole rings is 1. The lowest BCUT2D eigenvalue weighted by molar-refractivity contribution is 0.514. The standard InChI is InChI=1S/C9H17N3/c1-4-8(10-5-2)9-11-6-7(3)12-9/h6,8,10H,4-5H2,1-3H3,(H,11,12). The van der Waals surface area contributed by atoms with Crippen LogP contribution in [0.25, 0.3) is 0 Å². The Kier molecular flexibility index (Phi) is 3.29. The van der Waals surface area contributed by atoms with E-state index < -0.39 is 0 Å². The van der Waals surface area contributed by atoms with Gasteiger partial charge in [0.2, 0.25) is 0 Å². The molecule has 1 unspecified atom stereocenters. The molecule has 1 aromatic rings. The van der Waals surface area contributed by atoms with Gasteiger partial charge in [0, 0.05) is 11.9 Å². The highest BCUT2D eigenvalue weighted by Gasteiger charge is 2.09. The molecular weight excluding hydrogens is 150 g/mol. The van der Waals surface area contributed by atoms with Gasteiger partial charge in [-0.1, -0.05) is 13.8 Å². The number of aromatic amines is 1. The van der Waals surface area contributed by atoms with Gasteiger partial charge >= 0.3 is 0 Å². The van der Waals surface area contributed by atoms with Crippen molar-refractivity contribution >= 4 is 0 Å². The smallest absolute Gasteiger partial charge is 0.123 e.